The SMILES string of the molecule is COc1ccc(CCC2CCN(C(=O)CNC(=O)c3ccc(Cl)cc3Cl)CC2)cc1. The number of rotatable bonds is 7. The Morgan fingerprint density at radius 3 is 2.43 bits per heavy atom. The molecule has 30 heavy (non-hydrogen) atoms. The summed E-state index contributed by atoms with van der Waals surface area (Å²) in [5.74, 6) is 1.04. The maximum absolute atomic E-state index is 12.5. The molecule has 2 aromatic rings. The zero-order valence-electron chi connectivity index (χ0n) is 17.0. The smallest absolute Gasteiger partial charge is 0.253 e. The summed E-state index contributed by atoms with van der Waals surface area (Å²) >= 11 is 11.9. The molecule has 0 atom stereocenters. The Morgan fingerprint density at radius 2 is 1.80 bits per heavy atom. The van der Waals surface area contributed by atoms with Crippen LogP contribution in [-0.4, -0.2) is 43.5 Å². The topological polar surface area (TPSA) is 58.6 Å². The number of amides is 2. The number of carbonyl (C=O) groups excluding carboxylic acids is 2. The van der Waals surface area contributed by atoms with Crippen LogP contribution in [0.2, 0.25) is 10.0 Å². The van der Waals surface area contributed by atoms with Crippen LogP contribution >= 0.6 is 23.2 Å². The molecule has 0 spiro atoms. The van der Waals surface area contributed by atoms with E-state index in [-0.39, 0.29) is 23.4 Å². The van der Waals surface area contributed by atoms with Gasteiger partial charge in [0.15, 0.2) is 0 Å². The average molecular weight is 449 g/mol. The van der Waals surface area contributed by atoms with Crippen LogP contribution in [0.3, 0.4) is 0 Å². The van der Waals surface area contributed by atoms with Crippen molar-refractivity contribution in [1.29, 1.82) is 0 Å². The third-order valence-electron chi connectivity index (χ3n) is 5.54. The monoisotopic (exact) mass is 448 g/mol. The van der Waals surface area contributed by atoms with E-state index >= 15 is 0 Å². The van der Waals surface area contributed by atoms with E-state index in [2.05, 4.69) is 17.4 Å². The molecule has 7 heteroatoms. The maximum atomic E-state index is 12.5. The van der Waals surface area contributed by atoms with Gasteiger partial charge in [0.05, 0.1) is 24.2 Å². The zero-order valence-corrected chi connectivity index (χ0v) is 18.5. The summed E-state index contributed by atoms with van der Waals surface area (Å²) in [5, 5.41) is 3.38. The lowest BCUT2D eigenvalue weighted by Crippen LogP contribution is -2.44. The fourth-order valence-corrected chi connectivity index (χ4v) is 4.16. The van der Waals surface area contributed by atoms with Gasteiger partial charge in [-0.2, -0.15) is 0 Å². The van der Waals surface area contributed by atoms with Crippen molar-refractivity contribution < 1.29 is 14.3 Å². The molecule has 3 rings (SSSR count). The van der Waals surface area contributed by atoms with E-state index in [1.807, 2.05) is 17.0 Å². The van der Waals surface area contributed by atoms with Gasteiger partial charge in [0.2, 0.25) is 5.91 Å². The van der Waals surface area contributed by atoms with Gasteiger partial charge < -0.3 is 15.0 Å². The van der Waals surface area contributed by atoms with Gasteiger partial charge in [0, 0.05) is 18.1 Å². The summed E-state index contributed by atoms with van der Waals surface area (Å²) in [7, 11) is 1.67. The minimum Gasteiger partial charge on any atom is -0.497 e. The Balaban J connectivity index is 1.39. The fraction of sp³-hybridized carbons (Fsp3) is 0.391. The largest absolute Gasteiger partial charge is 0.497 e. The predicted octanol–water partition coefficient (Wildman–Crippen LogP) is 4.60. The second-order valence-corrected chi connectivity index (χ2v) is 8.36. The number of ether oxygens (including phenoxy) is 1. The van der Waals surface area contributed by atoms with Crippen molar-refractivity contribution in [1.82, 2.24) is 10.2 Å². The lowest BCUT2D eigenvalue weighted by Gasteiger charge is -2.32. The predicted molar refractivity (Wildman–Crippen MR) is 119 cm³/mol. The quantitative estimate of drug-likeness (QED) is 0.672. The number of hydrogen-bond donors (Lipinski definition) is 1. The van der Waals surface area contributed by atoms with Crippen molar-refractivity contribution in [3.05, 3.63) is 63.6 Å². The highest BCUT2D eigenvalue weighted by molar-refractivity contribution is 6.36. The molecule has 1 aliphatic heterocycles. The van der Waals surface area contributed by atoms with Crippen molar-refractivity contribution in [3.8, 4) is 5.75 Å². The van der Waals surface area contributed by atoms with Gasteiger partial charge in [-0.25, -0.2) is 0 Å². The third-order valence-corrected chi connectivity index (χ3v) is 6.09. The van der Waals surface area contributed by atoms with Crippen molar-refractivity contribution in [2.75, 3.05) is 26.7 Å². The number of methoxy groups -OCH3 is 1. The first-order chi connectivity index (χ1) is 14.5. The third kappa shape index (κ3) is 6.13. The summed E-state index contributed by atoms with van der Waals surface area (Å²) in [6.45, 7) is 1.42. The Labute approximate surface area is 187 Å². The van der Waals surface area contributed by atoms with E-state index in [9.17, 15) is 9.59 Å². The van der Waals surface area contributed by atoms with Crippen molar-refractivity contribution >= 4 is 35.0 Å². The molecular formula is C23H26Cl2N2O3. The molecule has 1 saturated heterocycles. The average Bonchev–Trinajstić information content (AvgIpc) is 2.76. The van der Waals surface area contributed by atoms with Crippen LogP contribution in [0.1, 0.15) is 35.2 Å². The molecule has 1 aliphatic rings. The maximum Gasteiger partial charge on any atom is 0.253 e. The van der Waals surface area contributed by atoms with Crippen LogP contribution in [0.25, 0.3) is 0 Å². The second kappa shape index (κ2) is 10.7. The second-order valence-electron chi connectivity index (χ2n) is 7.52. The van der Waals surface area contributed by atoms with Crippen LogP contribution < -0.4 is 10.1 Å². The van der Waals surface area contributed by atoms with Crippen LogP contribution in [-0.2, 0) is 11.2 Å². The molecule has 0 unspecified atom stereocenters. The Kier molecular flexibility index (Phi) is 8.00. The van der Waals surface area contributed by atoms with E-state index in [1.165, 1.54) is 11.6 Å². The molecule has 1 N–H and O–H groups in total. The van der Waals surface area contributed by atoms with E-state index in [0.29, 0.717) is 16.5 Å². The van der Waals surface area contributed by atoms with Gasteiger partial charge >= 0.3 is 0 Å². The Hall–Kier alpha value is -2.24. The van der Waals surface area contributed by atoms with Gasteiger partial charge in [-0.05, 0) is 67.5 Å². The van der Waals surface area contributed by atoms with E-state index in [0.717, 1.165) is 44.5 Å². The highest BCUT2D eigenvalue weighted by Gasteiger charge is 2.23. The molecule has 160 valence electrons. The molecule has 2 aromatic carbocycles. The van der Waals surface area contributed by atoms with Crippen molar-refractivity contribution in [2.24, 2.45) is 5.92 Å². The lowest BCUT2D eigenvalue weighted by molar-refractivity contribution is -0.131. The number of likely N-dealkylation sites (tertiary alicyclic amines) is 1. The van der Waals surface area contributed by atoms with Crippen LogP contribution in [0.15, 0.2) is 42.5 Å². The lowest BCUT2D eigenvalue weighted by atomic mass is 9.90. The van der Waals surface area contributed by atoms with Gasteiger partial charge in [0.1, 0.15) is 5.75 Å². The van der Waals surface area contributed by atoms with Crippen LogP contribution in [0.4, 0.5) is 0 Å². The standard InChI is InChI=1S/C23H26Cl2N2O3/c1-30-19-7-4-16(5-8-19)2-3-17-10-12-27(13-11-17)22(28)15-26-23(29)20-9-6-18(24)14-21(20)25/h4-9,14,17H,2-3,10-13,15H2,1H3,(H,26,29). The highest BCUT2D eigenvalue weighted by Crippen LogP contribution is 2.24. The Morgan fingerprint density at radius 1 is 1.10 bits per heavy atom. The van der Waals surface area contributed by atoms with E-state index in [1.54, 1.807) is 19.2 Å². The number of hydrogen-bond acceptors (Lipinski definition) is 3. The summed E-state index contributed by atoms with van der Waals surface area (Å²) in [6.07, 6.45) is 4.11. The van der Waals surface area contributed by atoms with Gasteiger partial charge in [-0.15, -0.1) is 0 Å². The van der Waals surface area contributed by atoms with Gasteiger partial charge in [-0.1, -0.05) is 35.3 Å². The number of nitrogens with zero attached hydrogens (tertiary/aromatic N) is 1. The normalized spacial score (nSPS) is 14.4. The van der Waals surface area contributed by atoms with Crippen LogP contribution in [0.5, 0.6) is 5.75 Å². The molecular weight excluding hydrogens is 423 g/mol. The van der Waals surface area contributed by atoms with E-state index in [4.69, 9.17) is 27.9 Å². The van der Waals surface area contributed by atoms with E-state index < -0.39 is 0 Å². The summed E-state index contributed by atoms with van der Waals surface area (Å²) in [6, 6.07) is 12.8. The van der Waals surface area contributed by atoms with Gasteiger partial charge in [0.25, 0.3) is 5.91 Å². The van der Waals surface area contributed by atoms with Gasteiger partial charge in [-0.3, -0.25) is 9.59 Å². The molecule has 0 aromatic heterocycles. The number of aryl methyl sites for hydroxylation is 1. The molecule has 0 saturated carbocycles. The number of halogens is 2. The minimum atomic E-state index is -0.376. The number of piperidine rings is 1. The molecule has 2 amide bonds. The minimum absolute atomic E-state index is 0.0334. The first-order valence-electron chi connectivity index (χ1n) is 10.1. The fourth-order valence-electron chi connectivity index (χ4n) is 3.67. The van der Waals surface area contributed by atoms with Crippen molar-refractivity contribution in [2.45, 2.75) is 25.7 Å². The highest BCUT2D eigenvalue weighted by atomic mass is 35.5. The zero-order chi connectivity index (χ0) is 21.5. The summed E-state index contributed by atoms with van der Waals surface area (Å²) in [4.78, 5) is 26.6. The summed E-state index contributed by atoms with van der Waals surface area (Å²) in [5.41, 5.74) is 1.61. The number of benzene rings is 2. The molecule has 0 aliphatic carbocycles. The van der Waals surface area contributed by atoms with Crippen LogP contribution in [0, 0.1) is 5.92 Å². The first kappa shape index (κ1) is 22.4. The first-order valence-corrected chi connectivity index (χ1v) is 10.9. The Bertz CT molecular complexity index is 879. The molecule has 1 fully saturated rings. The number of carbonyl (C=O) groups is 2. The molecule has 0 bridgehead atoms. The number of nitrogens with one attached hydrogen (secondary N) is 1. The molecule has 1 heterocycles. The molecule has 5 nitrogen and oxygen atoms in total. The summed E-state index contributed by atoms with van der Waals surface area (Å²) < 4.78 is 5.19. The van der Waals surface area contributed by atoms with Crippen molar-refractivity contribution in [3.63, 3.8) is 0 Å². The molecule has 0 radical (unpaired) electrons.